The van der Waals surface area contributed by atoms with Crippen molar-refractivity contribution < 1.29 is 9.53 Å². The topological polar surface area (TPSA) is 77.2 Å². The maximum Gasteiger partial charge on any atom is 0.245 e. The van der Waals surface area contributed by atoms with Crippen molar-refractivity contribution >= 4 is 22.4 Å². The van der Waals surface area contributed by atoms with E-state index < -0.39 is 6.04 Å². The average Bonchev–Trinajstić information content (AvgIpc) is 2.95. The van der Waals surface area contributed by atoms with E-state index in [2.05, 4.69) is 55.3 Å². The molecule has 1 atom stereocenters. The van der Waals surface area contributed by atoms with Gasteiger partial charge >= 0.3 is 0 Å². The van der Waals surface area contributed by atoms with Gasteiger partial charge in [0.2, 0.25) is 5.91 Å². The second-order valence-corrected chi connectivity index (χ2v) is 7.27. The van der Waals surface area contributed by atoms with E-state index in [1.165, 1.54) is 24.0 Å². The number of carbonyl (C=O) groups excluding carboxylic acids is 1. The number of nitrogens with two attached hydrogens (primary N) is 1. The minimum Gasteiger partial charge on any atom is -0.383 e. The van der Waals surface area contributed by atoms with Gasteiger partial charge in [0.25, 0.3) is 0 Å². The van der Waals surface area contributed by atoms with Gasteiger partial charge in [-0.2, -0.15) is 0 Å². The van der Waals surface area contributed by atoms with Crippen LogP contribution in [0.1, 0.15) is 26.3 Å². The Morgan fingerprint density at radius 2 is 2.00 bits per heavy atom. The Hall–Kier alpha value is -1.76. The molecule has 0 radical (unpaired) electrons. The van der Waals surface area contributed by atoms with Gasteiger partial charge in [-0.15, -0.1) is 11.3 Å². The van der Waals surface area contributed by atoms with Gasteiger partial charge in [-0.05, 0) is 11.0 Å². The van der Waals surface area contributed by atoms with Crippen LogP contribution in [0.2, 0.25) is 0 Å². The van der Waals surface area contributed by atoms with E-state index in [1.54, 1.807) is 0 Å². The Morgan fingerprint density at radius 1 is 1.35 bits per heavy atom. The van der Waals surface area contributed by atoms with Gasteiger partial charge in [-0.3, -0.25) is 4.79 Å². The molecule has 6 heteroatoms. The minimum absolute atomic E-state index is 0.122. The lowest BCUT2D eigenvalue weighted by Gasteiger charge is -2.18. The van der Waals surface area contributed by atoms with Crippen LogP contribution in [0.5, 0.6) is 0 Å². The van der Waals surface area contributed by atoms with Crippen molar-refractivity contribution in [1.82, 2.24) is 4.98 Å². The summed E-state index contributed by atoms with van der Waals surface area (Å²) in [6, 6.07) is 7.64. The summed E-state index contributed by atoms with van der Waals surface area (Å²) in [7, 11) is 1.51. The number of carbonyl (C=O) groups is 1. The summed E-state index contributed by atoms with van der Waals surface area (Å²) in [5.74, 6) is -0.296. The zero-order chi connectivity index (χ0) is 17.0. The first-order valence-corrected chi connectivity index (χ1v) is 8.31. The molecule has 0 saturated carbocycles. The van der Waals surface area contributed by atoms with E-state index in [0.717, 1.165) is 11.3 Å². The SMILES string of the molecule is COCC(N)C(=O)Nc1nc(-c2ccc(C(C)(C)C)cc2)cs1. The molecule has 1 aromatic heterocycles. The number of nitrogens with zero attached hydrogens (tertiary/aromatic N) is 1. The first kappa shape index (κ1) is 17.6. The number of ether oxygens (including phenoxy) is 1. The summed E-state index contributed by atoms with van der Waals surface area (Å²) in [6.45, 7) is 6.73. The molecule has 1 heterocycles. The lowest BCUT2D eigenvalue weighted by Crippen LogP contribution is -2.39. The van der Waals surface area contributed by atoms with Crippen LogP contribution >= 0.6 is 11.3 Å². The predicted octanol–water partition coefficient (Wildman–Crippen LogP) is 3.02. The Kier molecular flexibility index (Phi) is 5.51. The summed E-state index contributed by atoms with van der Waals surface area (Å²) in [5, 5.41) is 5.17. The number of hydrogen-bond donors (Lipinski definition) is 2. The fourth-order valence-corrected chi connectivity index (χ4v) is 2.78. The molecule has 1 amide bonds. The molecule has 1 unspecified atom stereocenters. The number of anilines is 1. The molecule has 124 valence electrons. The average molecular weight is 333 g/mol. The highest BCUT2D eigenvalue weighted by atomic mass is 32.1. The first-order chi connectivity index (χ1) is 10.8. The number of methoxy groups -OCH3 is 1. The Morgan fingerprint density at radius 3 is 2.57 bits per heavy atom. The molecular formula is C17H23N3O2S. The van der Waals surface area contributed by atoms with Crippen LogP contribution in [0.15, 0.2) is 29.6 Å². The van der Waals surface area contributed by atoms with Crippen molar-refractivity contribution in [3.63, 3.8) is 0 Å². The van der Waals surface area contributed by atoms with Crippen molar-refractivity contribution in [2.24, 2.45) is 5.73 Å². The molecule has 0 aliphatic heterocycles. The molecule has 1 aromatic carbocycles. The maximum absolute atomic E-state index is 11.9. The molecule has 5 nitrogen and oxygen atoms in total. The van der Waals surface area contributed by atoms with E-state index >= 15 is 0 Å². The fourth-order valence-electron chi connectivity index (χ4n) is 2.06. The Balaban J connectivity index is 2.09. The highest BCUT2D eigenvalue weighted by Crippen LogP contribution is 2.28. The van der Waals surface area contributed by atoms with Crippen LogP contribution in [-0.4, -0.2) is 30.6 Å². The highest BCUT2D eigenvalue weighted by Gasteiger charge is 2.16. The number of aromatic nitrogens is 1. The van der Waals surface area contributed by atoms with Crippen molar-refractivity contribution in [1.29, 1.82) is 0 Å². The zero-order valence-electron chi connectivity index (χ0n) is 13.9. The van der Waals surface area contributed by atoms with Crippen LogP contribution < -0.4 is 11.1 Å². The highest BCUT2D eigenvalue weighted by molar-refractivity contribution is 7.14. The third-order valence-corrected chi connectivity index (χ3v) is 4.22. The molecule has 0 aliphatic rings. The third-order valence-electron chi connectivity index (χ3n) is 3.46. The standard InChI is InChI=1S/C17H23N3O2S/c1-17(2,3)12-7-5-11(6-8-12)14-10-23-16(19-14)20-15(21)13(18)9-22-4/h5-8,10,13H,9,18H2,1-4H3,(H,19,20,21). The van der Waals surface area contributed by atoms with Crippen LogP contribution in [0.4, 0.5) is 5.13 Å². The van der Waals surface area contributed by atoms with Crippen LogP contribution in [0, 0.1) is 0 Å². The summed E-state index contributed by atoms with van der Waals surface area (Å²) < 4.78 is 4.87. The van der Waals surface area contributed by atoms with Crippen molar-refractivity contribution in [3.05, 3.63) is 35.2 Å². The third kappa shape index (κ3) is 4.60. The van der Waals surface area contributed by atoms with Crippen LogP contribution in [-0.2, 0) is 14.9 Å². The summed E-state index contributed by atoms with van der Waals surface area (Å²) in [5.41, 5.74) is 8.95. The van der Waals surface area contributed by atoms with Crippen LogP contribution in [0.3, 0.4) is 0 Å². The lowest BCUT2D eigenvalue weighted by molar-refractivity contribution is -0.118. The first-order valence-electron chi connectivity index (χ1n) is 7.43. The normalized spacial score (nSPS) is 12.9. The zero-order valence-corrected chi connectivity index (χ0v) is 14.7. The summed E-state index contributed by atoms with van der Waals surface area (Å²) >= 11 is 1.38. The van der Waals surface area contributed by atoms with Crippen molar-refractivity contribution in [2.75, 3.05) is 19.0 Å². The molecule has 3 N–H and O–H groups in total. The maximum atomic E-state index is 11.9. The number of hydrogen-bond acceptors (Lipinski definition) is 5. The van der Waals surface area contributed by atoms with Gasteiger partial charge in [-0.1, -0.05) is 45.0 Å². The minimum atomic E-state index is -0.696. The molecule has 0 bridgehead atoms. The number of amides is 1. The molecule has 23 heavy (non-hydrogen) atoms. The quantitative estimate of drug-likeness (QED) is 0.882. The number of rotatable bonds is 5. The molecule has 2 rings (SSSR count). The van der Waals surface area contributed by atoms with Crippen molar-refractivity contribution in [3.8, 4) is 11.3 Å². The van der Waals surface area contributed by atoms with E-state index in [1.807, 2.05) is 5.38 Å². The second-order valence-electron chi connectivity index (χ2n) is 6.42. The summed E-state index contributed by atoms with van der Waals surface area (Å²) in [6.07, 6.45) is 0. The van der Waals surface area contributed by atoms with Gasteiger partial charge in [0, 0.05) is 18.1 Å². The Bertz CT molecular complexity index is 659. The fraction of sp³-hybridized carbons (Fsp3) is 0.412. The molecular weight excluding hydrogens is 310 g/mol. The molecule has 0 fully saturated rings. The van der Waals surface area contributed by atoms with Gasteiger partial charge < -0.3 is 15.8 Å². The largest absolute Gasteiger partial charge is 0.383 e. The molecule has 0 aliphatic carbocycles. The second kappa shape index (κ2) is 7.21. The van der Waals surface area contributed by atoms with Gasteiger partial charge in [0.15, 0.2) is 5.13 Å². The molecule has 0 spiro atoms. The number of thiazole rings is 1. The van der Waals surface area contributed by atoms with E-state index in [-0.39, 0.29) is 17.9 Å². The van der Waals surface area contributed by atoms with E-state index in [4.69, 9.17) is 10.5 Å². The lowest BCUT2D eigenvalue weighted by atomic mass is 9.86. The van der Waals surface area contributed by atoms with Crippen LogP contribution in [0.25, 0.3) is 11.3 Å². The van der Waals surface area contributed by atoms with Gasteiger partial charge in [0.05, 0.1) is 12.3 Å². The van der Waals surface area contributed by atoms with E-state index in [0.29, 0.717) is 5.13 Å². The van der Waals surface area contributed by atoms with Crippen molar-refractivity contribution in [2.45, 2.75) is 32.2 Å². The van der Waals surface area contributed by atoms with Gasteiger partial charge in [0.1, 0.15) is 6.04 Å². The van der Waals surface area contributed by atoms with E-state index in [9.17, 15) is 4.79 Å². The number of benzene rings is 1. The molecule has 0 saturated heterocycles. The Labute approximate surface area is 140 Å². The molecule has 2 aromatic rings. The predicted molar refractivity (Wildman–Crippen MR) is 94.7 cm³/mol. The smallest absolute Gasteiger partial charge is 0.245 e. The number of nitrogens with one attached hydrogen (secondary N) is 1. The monoisotopic (exact) mass is 333 g/mol. The summed E-state index contributed by atoms with van der Waals surface area (Å²) in [4.78, 5) is 16.3. The van der Waals surface area contributed by atoms with Gasteiger partial charge in [-0.25, -0.2) is 4.98 Å².